The summed E-state index contributed by atoms with van der Waals surface area (Å²) in [5, 5.41) is 11.5. The number of carbonyl (C=O) groups is 1. The molecule has 0 bridgehead atoms. The van der Waals surface area contributed by atoms with Crippen LogP contribution in [0.25, 0.3) is 0 Å². The molecule has 4 aromatic rings. The van der Waals surface area contributed by atoms with Crippen LogP contribution in [-0.2, 0) is 19.7 Å². The van der Waals surface area contributed by atoms with Gasteiger partial charge in [-0.3, -0.25) is 9.48 Å². The van der Waals surface area contributed by atoms with E-state index in [-0.39, 0.29) is 12.6 Å². The van der Waals surface area contributed by atoms with Crippen LogP contribution in [0.5, 0.6) is 5.75 Å². The molecule has 4 rings (SSSR count). The fraction of sp³-hybridized carbons (Fsp3) is 0.208. The van der Waals surface area contributed by atoms with Crippen LogP contribution in [0.3, 0.4) is 0 Å². The Morgan fingerprint density at radius 3 is 2.71 bits per heavy atom. The number of ether oxygens (including phenoxy) is 1. The van der Waals surface area contributed by atoms with Crippen molar-refractivity contribution in [2.24, 2.45) is 0 Å². The van der Waals surface area contributed by atoms with Gasteiger partial charge < -0.3 is 10.1 Å². The molecule has 0 aliphatic rings. The molecule has 0 radical (unpaired) electrons. The molecule has 1 amide bonds. The van der Waals surface area contributed by atoms with Crippen LogP contribution in [0, 0.1) is 13.8 Å². The molecular weight excluding hydrogens is 390 g/mol. The first-order valence-corrected chi connectivity index (χ1v) is 10.2. The van der Waals surface area contributed by atoms with Crippen molar-refractivity contribution >= 4 is 11.6 Å². The van der Waals surface area contributed by atoms with E-state index in [4.69, 9.17) is 4.74 Å². The van der Waals surface area contributed by atoms with Crippen LogP contribution in [-0.4, -0.2) is 25.5 Å². The van der Waals surface area contributed by atoms with Crippen molar-refractivity contribution in [3.05, 3.63) is 95.6 Å². The van der Waals surface area contributed by atoms with Gasteiger partial charge in [0, 0.05) is 18.9 Å². The number of anilines is 1. The maximum atomic E-state index is 12.5. The molecule has 0 spiro atoms. The van der Waals surface area contributed by atoms with Crippen molar-refractivity contribution in [1.82, 2.24) is 19.6 Å². The Labute approximate surface area is 181 Å². The number of hydrogen-bond acceptors (Lipinski definition) is 4. The smallest absolute Gasteiger partial charge is 0.276 e. The van der Waals surface area contributed by atoms with Gasteiger partial charge in [0.15, 0.2) is 12.4 Å². The number of aryl methyl sites for hydroxylation is 4. The highest BCUT2D eigenvalue weighted by Crippen LogP contribution is 2.19. The van der Waals surface area contributed by atoms with Crippen molar-refractivity contribution < 1.29 is 9.53 Å². The molecule has 0 unspecified atom stereocenters. The van der Waals surface area contributed by atoms with Crippen LogP contribution in [0.4, 0.5) is 5.69 Å². The first kappa shape index (κ1) is 20.4. The number of hydrogen-bond donors (Lipinski definition) is 1. The number of aromatic nitrogens is 4. The molecule has 2 heterocycles. The van der Waals surface area contributed by atoms with Gasteiger partial charge in [0.1, 0.15) is 5.75 Å². The number of benzene rings is 2. The number of nitrogens with zero attached hydrogens (tertiary/aromatic N) is 4. The summed E-state index contributed by atoms with van der Waals surface area (Å²) in [6, 6.07) is 17.9. The van der Waals surface area contributed by atoms with E-state index in [1.807, 2.05) is 55.1 Å². The average Bonchev–Trinajstić information content (AvgIpc) is 3.42. The third-order valence-corrected chi connectivity index (χ3v) is 4.92. The molecule has 0 aliphatic heterocycles. The lowest BCUT2D eigenvalue weighted by molar-refractivity contribution is 0.102. The van der Waals surface area contributed by atoms with E-state index >= 15 is 0 Å². The van der Waals surface area contributed by atoms with Gasteiger partial charge in [-0.15, -0.1) is 0 Å². The van der Waals surface area contributed by atoms with Gasteiger partial charge in [0.2, 0.25) is 0 Å². The van der Waals surface area contributed by atoms with Gasteiger partial charge in [-0.25, -0.2) is 4.68 Å². The first-order valence-electron chi connectivity index (χ1n) is 10.2. The van der Waals surface area contributed by atoms with Gasteiger partial charge in [0.25, 0.3) is 5.91 Å². The molecular formula is C24H25N5O2. The molecule has 0 saturated heterocycles. The van der Waals surface area contributed by atoms with E-state index in [2.05, 4.69) is 33.7 Å². The molecule has 0 atom stereocenters. The van der Waals surface area contributed by atoms with Gasteiger partial charge in [-0.05, 0) is 43.5 Å². The lowest BCUT2D eigenvalue weighted by Crippen LogP contribution is -2.14. The highest BCUT2D eigenvalue weighted by molar-refractivity contribution is 6.02. The van der Waals surface area contributed by atoms with Gasteiger partial charge in [0.05, 0.1) is 11.9 Å². The summed E-state index contributed by atoms with van der Waals surface area (Å²) >= 11 is 0. The van der Waals surface area contributed by atoms with E-state index in [1.54, 1.807) is 23.1 Å². The quantitative estimate of drug-likeness (QED) is 0.467. The molecule has 1 N–H and O–H groups in total. The molecule has 2 aromatic carbocycles. The van der Waals surface area contributed by atoms with E-state index in [1.165, 1.54) is 11.1 Å². The molecule has 7 heteroatoms. The van der Waals surface area contributed by atoms with Crippen LogP contribution in [0.15, 0.2) is 73.2 Å². The highest BCUT2D eigenvalue weighted by Gasteiger charge is 2.11. The van der Waals surface area contributed by atoms with Crippen LogP contribution < -0.4 is 10.1 Å². The van der Waals surface area contributed by atoms with Gasteiger partial charge >= 0.3 is 0 Å². The lowest BCUT2D eigenvalue weighted by atomic mass is 10.1. The summed E-state index contributed by atoms with van der Waals surface area (Å²) in [4.78, 5) is 12.5. The molecule has 0 aliphatic carbocycles. The van der Waals surface area contributed by atoms with Crippen molar-refractivity contribution in [1.29, 1.82) is 0 Å². The fourth-order valence-corrected chi connectivity index (χ4v) is 3.29. The molecule has 0 fully saturated rings. The molecule has 158 valence electrons. The van der Waals surface area contributed by atoms with Crippen LogP contribution in [0.2, 0.25) is 0 Å². The summed E-state index contributed by atoms with van der Waals surface area (Å²) in [5.41, 5.74) is 4.46. The average molecular weight is 415 g/mol. The van der Waals surface area contributed by atoms with Gasteiger partial charge in [-0.1, -0.05) is 48.0 Å². The van der Waals surface area contributed by atoms with E-state index < -0.39 is 0 Å². The number of rotatable bonds is 8. The summed E-state index contributed by atoms with van der Waals surface area (Å²) < 4.78 is 9.22. The third kappa shape index (κ3) is 5.39. The second kappa shape index (κ2) is 9.30. The topological polar surface area (TPSA) is 74.0 Å². The highest BCUT2D eigenvalue weighted by atomic mass is 16.5. The van der Waals surface area contributed by atoms with Crippen molar-refractivity contribution in [2.75, 3.05) is 5.32 Å². The lowest BCUT2D eigenvalue weighted by Gasteiger charge is -2.09. The second-order valence-corrected chi connectivity index (χ2v) is 7.46. The van der Waals surface area contributed by atoms with Crippen molar-refractivity contribution in [3.8, 4) is 5.75 Å². The second-order valence-electron chi connectivity index (χ2n) is 7.46. The first-order chi connectivity index (χ1) is 15.1. The maximum Gasteiger partial charge on any atom is 0.276 e. The molecule has 7 nitrogen and oxygen atoms in total. The van der Waals surface area contributed by atoms with Gasteiger partial charge in [-0.2, -0.15) is 10.2 Å². The largest absolute Gasteiger partial charge is 0.471 e. The Kier molecular flexibility index (Phi) is 6.12. The SMILES string of the molecule is Cc1ccc(OCn2ccc(C(=O)Nc3cnn(CCc4ccccc4)c3)n2)c(C)c1. The predicted octanol–water partition coefficient (Wildman–Crippen LogP) is 4.23. The zero-order chi connectivity index (χ0) is 21.6. The minimum absolute atomic E-state index is 0.231. The van der Waals surface area contributed by atoms with E-state index in [0.717, 1.165) is 24.3 Å². The predicted molar refractivity (Wildman–Crippen MR) is 119 cm³/mol. The molecule has 31 heavy (non-hydrogen) atoms. The zero-order valence-electron chi connectivity index (χ0n) is 17.7. The molecule has 2 aromatic heterocycles. The number of carbonyl (C=O) groups excluding carboxylic acids is 1. The maximum absolute atomic E-state index is 12.5. The van der Waals surface area contributed by atoms with Crippen LogP contribution >= 0.6 is 0 Å². The molecule has 0 saturated carbocycles. The fourth-order valence-electron chi connectivity index (χ4n) is 3.29. The summed E-state index contributed by atoms with van der Waals surface area (Å²) in [7, 11) is 0. The van der Waals surface area contributed by atoms with Crippen LogP contribution in [0.1, 0.15) is 27.2 Å². The minimum atomic E-state index is -0.284. The zero-order valence-corrected chi connectivity index (χ0v) is 17.7. The summed E-state index contributed by atoms with van der Waals surface area (Å²) in [6.07, 6.45) is 6.06. The monoisotopic (exact) mass is 415 g/mol. The van der Waals surface area contributed by atoms with Crippen molar-refractivity contribution in [3.63, 3.8) is 0 Å². The third-order valence-electron chi connectivity index (χ3n) is 4.92. The summed E-state index contributed by atoms with van der Waals surface area (Å²) in [5.74, 6) is 0.517. The van der Waals surface area contributed by atoms with E-state index in [9.17, 15) is 4.79 Å². The Morgan fingerprint density at radius 2 is 1.90 bits per heavy atom. The minimum Gasteiger partial charge on any atom is -0.471 e. The Hall–Kier alpha value is -3.87. The van der Waals surface area contributed by atoms with E-state index in [0.29, 0.717) is 11.4 Å². The van der Waals surface area contributed by atoms with Crippen molar-refractivity contribution in [2.45, 2.75) is 33.5 Å². The number of amides is 1. The normalized spacial score (nSPS) is 10.8. The number of nitrogens with one attached hydrogen (secondary N) is 1. The Morgan fingerprint density at radius 1 is 1.06 bits per heavy atom. The Balaban J connectivity index is 1.30. The summed E-state index contributed by atoms with van der Waals surface area (Å²) in [6.45, 7) is 5.02. The Bertz CT molecular complexity index is 1160. The standard InChI is InChI=1S/C24H25N5O2/c1-18-8-9-23(19(2)14-18)31-17-29-13-11-22(27-29)24(30)26-21-15-25-28(16-21)12-10-20-6-4-3-5-7-20/h3-9,11,13-16H,10,12,17H2,1-2H3,(H,26,30).